The smallest absolute Gasteiger partial charge is 0.256 e. The van der Waals surface area contributed by atoms with Gasteiger partial charge in [0.05, 0.1) is 5.69 Å². The highest BCUT2D eigenvalue weighted by atomic mass is 16.5. The van der Waals surface area contributed by atoms with Crippen molar-refractivity contribution in [3.05, 3.63) is 119 Å². The summed E-state index contributed by atoms with van der Waals surface area (Å²) in [5, 5.41) is 0. The van der Waals surface area contributed by atoms with E-state index < -0.39 is 0 Å². The number of benzene rings is 5. The molecule has 2 heterocycles. The summed E-state index contributed by atoms with van der Waals surface area (Å²) in [7, 11) is 0. The van der Waals surface area contributed by atoms with Crippen LogP contribution in [0.25, 0.3) is 11.1 Å². The van der Waals surface area contributed by atoms with E-state index in [1.54, 1.807) is 0 Å². The van der Waals surface area contributed by atoms with Crippen molar-refractivity contribution in [2.24, 2.45) is 0 Å². The Hall–Kier alpha value is -4.24. The molecule has 8 rings (SSSR count). The SMILES string of the molecule is CC(C)(C)c1ccc2c(c1)B1c3cc4c(cc3N(c3ccc(C(C)(C)C)cc3-c3ccccc3)c3cccc(c31)O2)C(C)(C)CC4(C)C. The molecule has 242 valence electrons. The predicted molar refractivity (Wildman–Crippen MR) is 206 cm³/mol. The molecule has 2 aliphatic heterocycles. The molecule has 0 radical (unpaired) electrons. The van der Waals surface area contributed by atoms with Crippen molar-refractivity contribution >= 4 is 40.2 Å². The quantitative estimate of drug-likeness (QED) is 0.177. The zero-order chi connectivity index (χ0) is 34.0. The normalized spacial score (nSPS) is 16.9. The van der Waals surface area contributed by atoms with Gasteiger partial charge in [-0.05, 0) is 109 Å². The van der Waals surface area contributed by atoms with Gasteiger partial charge in [0.2, 0.25) is 0 Å². The predicted octanol–water partition coefficient (Wildman–Crippen LogP) is 10.3. The van der Waals surface area contributed by atoms with Crippen LogP contribution in [0.3, 0.4) is 0 Å². The topological polar surface area (TPSA) is 12.5 Å². The lowest BCUT2D eigenvalue weighted by molar-refractivity contribution is 0.403. The average molecular weight is 630 g/mol. The van der Waals surface area contributed by atoms with Gasteiger partial charge in [0.25, 0.3) is 6.71 Å². The Morgan fingerprint density at radius 3 is 1.92 bits per heavy atom. The zero-order valence-corrected chi connectivity index (χ0v) is 30.4. The summed E-state index contributed by atoms with van der Waals surface area (Å²) in [4.78, 5) is 2.56. The largest absolute Gasteiger partial charge is 0.458 e. The molecule has 5 aromatic rings. The van der Waals surface area contributed by atoms with Crippen molar-refractivity contribution in [1.29, 1.82) is 0 Å². The molecule has 5 aromatic carbocycles. The van der Waals surface area contributed by atoms with Gasteiger partial charge in [-0.15, -0.1) is 0 Å². The van der Waals surface area contributed by atoms with Crippen LogP contribution in [0, 0.1) is 0 Å². The molecule has 0 unspecified atom stereocenters. The van der Waals surface area contributed by atoms with E-state index in [4.69, 9.17) is 4.74 Å². The van der Waals surface area contributed by atoms with Crippen LogP contribution >= 0.6 is 0 Å². The first kappa shape index (κ1) is 31.1. The van der Waals surface area contributed by atoms with Crippen LogP contribution in [-0.4, -0.2) is 6.71 Å². The second-order valence-electron chi connectivity index (χ2n) is 17.8. The highest BCUT2D eigenvalue weighted by Gasteiger charge is 2.47. The van der Waals surface area contributed by atoms with Gasteiger partial charge in [-0.1, -0.05) is 130 Å². The van der Waals surface area contributed by atoms with Crippen molar-refractivity contribution in [3.63, 3.8) is 0 Å². The van der Waals surface area contributed by atoms with Gasteiger partial charge < -0.3 is 9.64 Å². The summed E-state index contributed by atoms with van der Waals surface area (Å²) in [6.45, 7) is 23.6. The second-order valence-corrected chi connectivity index (χ2v) is 17.8. The van der Waals surface area contributed by atoms with Crippen LogP contribution < -0.4 is 26.0 Å². The number of rotatable bonds is 2. The first-order valence-electron chi connectivity index (χ1n) is 17.7. The molecule has 3 aliphatic rings. The van der Waals surface area contributed by atoms with Gasteiger partial charge in [0.1, 0.15) is 11.5 Å². The van der Waals surface area contributed by atoms with Gasteiger partial charge in [0.15, 0.2) is 0 Å². The zero-order valence-electron chi connectivity index (χ0n) is 30.4. The van der Waals surface area contributed by atoms with E-state index >= 15 is 0 Å². The molecule has 0 aromatic heterocycles. The molecule has 0 amide bonds. The van der Waals surface area contributed by atoms with Crippen LogP contribution in [-0.2, 0) is 21.7 Å². The van der Waals surface area contributed by atoms with Gasteiger partial charge in [-0.2, -0.15) is 0 Å². The average Bonchev–Trinajstić information content (AvgIpc) is 3.21. The Bertz CT molecular complexity index is 2110. The lowest BCUT2D eigenvalue weighted by Crippen LogP contribution is -2.60. The van der Waals surface area contributed by atoms with E-state index in [1.165, 1.54) is 66.8 Å². The van der Waals surface area contributed by atoms with Gasteiger partial charge in [-0.3, -0.25) is 0 Å². The Morgan fingerprint density at radius 2 is 1.23 bits per heavy atom. The van der Waals surface area contributed by atoms with Crippen LogP contribution in [0.4, 0.5) is 17.1 Å². The third-order valence-corrected chi connectivity index (χ3v) is 11.2. The highest BCUT2D eigenvalue weighted by Crippen LogP contribution is 2.52. The maximum Gasteiger partial charge on any atom is 0.256 e. The summed E-state index contributed by atoms with van der Waals surface area (Å²) in [5.41, 5.74) is 15.9. The molecule has 0 fully saturated rings. The molecule has 0 bridgehead atoms. The highest BCUT2D eigenvalue weighted by molar-refractivity contribution is 6.99. The minimum Gasteiger partial charge on any atom is -0.458 e. The van der Waals surface area contributed by atoms with Gasteiger partial charge in [0, 0.05) is 16.9 Å². The number of hydrogen-bond acceptors (Lipinski definition) is 2. The second kappa shape index (κ2) is 10.1. The van der Waals surface area contributed by atoms with E-state index in [0.717, 1.165) is 17.9 Å². The third-order valence-electron chi connectivity index (χ3n) is 11.2. The Labute approximate surface area is 288 Å². The fraction of sp³-hybridized carbons (Fsp3) is 0.333. The van der Waals surface area contributed by atoms with Gasteiger partial charge >= 0.3 is 0 Å². The van der Waals surface area contributed by atoms with E-state index in [2.05, 4.69) is 171 Å². The summed E-state index contributed by atoms with van der Waals surface area (Å²) < 4.78 is 6.81. The lowest BCUT2D eigenvalue weighted by Gasteiger charge is -2.42. The first-order chi connectivity index (χ1) is 22.5. The number of hydrogen-bond donors (Lipinski definition) is 0. The molecule has 0 spiro atoms. The van der Waals surface area contributed by atoms with Crippen molar-refractivity contribution in [2.45, 2.75) is 97.3 Å². The maximum atomic E-state index is 6.81. The molecule has 2 nitrogen and oxygen atoms in total. The van der Waals surface area contributed by atoms with Crippen LogP contribution in [0.15, 0.2) is 97.1 Å². The van der Waals surface area contributed by atoms with Crippen LogP contribution in [0.1, 0.15) is 97.9 Å². The first-order valence-corrected chi connectivity index (χ1v) is 17.7. The van der Waals surface area contributed by atoms with Crippen molar-refractivity contribution in [2.75, 3.05) is 4.90 Å². The third kappa shape index (κ3) is 4.68. The minimum absolute atomic E-state index is 0.0254. The molecular weight excluding hydrogens is 581 g/mol. The Kier molecular flexibility index (Phi) is 6.56. The molecule has 1 aliphatic carbocycles. The number of nitrogens with zero attached hydrogens (tertiary/aromatic N) is 1. The number of anilines is 3. The number of fused-ring (bicyclic) bond motifs is 5. The summed E-state index contributed by atoms with van der Waals surface area (Å²) in [6.07, 6.45) is 1.13. The van der Waals surface area contributed by atoms with E-state index in [-0.39, 0.29) is 28.4 Å². The van der Waals surface area contributed by atoms with Crippen LogP contribution in [0.5, 0.6) is 11.5 Å². The lowest BCUT2D eigenvalue weighted by atomic mass is 9.33. The molecular formula is C45H48BNO. The molecule has 3 heteroatoms. The van der Waals surface area contributed by atoms with Crippen molar-refractivity contribution < 1.29 is 4.74 Å². The molecule has 0 saturated carbocycles. The Morgan fingerprint density at radius 1 is 0.583 bits per heavy atom. The minimum atomic E-state index is 0.0254. The maximum absolute atomic E-state index is 6.81. The molecule has 0 saturated heterocycles. The number of ether oxygens (including phenoxy) is 1. The monoisotopic (exact) mass is 629 g/mol. The molecule has 0 N–H and O–H groups in total. The fourth-order valence-electron chi connectivity index (χ4n) is 8.92. The summed E-state index contributed by atoms with van der Waals surface area (Å²) in [5.74, 6) is 1.92. The summed E-state index contributed by atoms with van der Waals surface area (Å²) in [6, 6.07) is 36.7. The van der Waals surface area contributed by atoms with E-state index in [1.807, 2.05) is 0 Å². The van der Waals surface area contributed by atoms with E-state index in [9.17, 15) is 0 Å². The van der Waals surface area contributed by atoms with Crippen LogP contribution in [0.2, 0.25) is 0 Å². The molecule has 48 heavy (non-hydrogen) atoms. The standard InChI is InChI=1S/C45H48BNO/c1-42(2,3)29-19-21-36(31(23-29)28-15-12-11-13-16-28)47-37-17-14-18-40-41(37)46(35-24-30(43(4,5)6)20-22-39(35)48-40)34-25-32-33(26-38(34)47)45(9,10)27-44(32,7)8/h11-26H,27H2,1-10H3. The van der Waals surface area contributed by atoms with E-state index in [0.29, 0.717) is 0 Å². The molecule has 0 atom stereocenters. The van der Waals surface area contributed by atoms with Crippen molar-refractivity contribution in [3.8, 4) is 22.6 Å². The Balaban J connectivity index is 1.47. The summed E-state index contributed by atoms with van der Waals surface area (Å²) >= 11 is 0. The van der Waals surface area contributed by atoms with Gasteiger partial charge in [-0.25, -0.2) is 0 Å². The fourth-order valence-corrected chi connectivity index (χ4v) is 8.92. The van der Waals surface area contributed by atoms with Crippen molar-refractivity contribution in [1.82, 2.24) is 0 Å².